The summed E-state index contributed by atoms with van der Waals surface area (Å²) < 4.78 is 7.99. The molecule has 0 saturated heterocycles. The van der Waals surface area contributed by atoms with Crippen LogP contribution in [0.4, 0.5) is 0 Å². The van der Waals surface area contributed by atoms with Gasteiger partial charge in [0.2, 0.25) is 0 Å². The highest BCUT2D eigenvalue weighted by Gasteiger charge is 2.14. The summed E-state index contributed by atoms with van der Waals surface area (Å²) in [5.41, 5.74) is 5.68. The van der Waals surface area contributed by atoms with Crippen molar-refractivity contribution < 1.29 is 4.74 Å². The molecule has 0 bridgehead atoms. The van der Waals surface area contributed by atoms with Gasteiger partial charge in [0.1, 0.15) is 12.4 Å². The number of aromatic nitrogens is 3. The standard InChI is InChI=1S/C21H18N4O/c1-14-19(13-26-21-5-3-4-20-18(21)10-11-23-20)15(2)25(24-14)17-8-6-16(12-22)7-9-17/h3-11,23H,13H2,1-2H3. The summed E-state index contributed by atoms with van der Waals surface area (Å²) in [6.45, 7) is 4.48. The zero-order valence-electron chi connectivity index (χ0n) is 14.7. The molecule has 0 aliphatic heterocycles. The number of hydrogen-bond donors (Lipinski definition) is 1. The average molecular weight is 342 g/mol. The van der Waals surface area contributed by atoms with E-state index in [0.717, 1.165) is 39.3 Å². The Bertz CT molecular complexity index is 1110. The molecule has 0 saturated carbocycles. The van der Waals surface area contributed by atoms with Crippen LogP contribution in [0.3, 0.4) is 0 Å². The Morgan fingerprint density at radius 3 is 2.69 bits per heavy atom. The molecule has 0 unspecified atom stereocenters. The van der Waals surface area contributed by atoms with E-state index in [4.69, 9.17) is 10.00 Å². The molecule has 0 radical (unpaired) electrons. The molecule has 0 aliphatic carbocycles. The van der Waals surface area contributed by atoms with E-state index in [1.54, 1.807) is 12.1 Å². The van der Waals surface area contributed by atoms with Gasteiger partial charge >= 0.3 is 0 Å². The van der Waals surface area contributed by atoms with E-state index in [-0.39, 0.29) is 0 Å². The number of nitrogens with zero attached hydrogens (tertiary/aromatic N) is 3. The lowest BCUT2D eigenvalue weighted by Crippen LogP contribution is -2.01. The summed E-state index contributed by atoms with van der Waals surface area (Å²) in [4.78, 5) is 3.20. The molecule has 26 heavy (non-hydrogen) atoms. The molecular weight excluding hydrogens is 324 g/mol. The SMILES string of the molecule is Cc1nn(-c2ccc(C#N)cc2)c(C)c1COc1cccc2[nH]ccc12. The number of hydrogen-bond acceptors (Lipinski definition) is 3. The second kappa shape index (κ2) is 6.41. The molecule has 0 fully saturated rings. The minimum atomic E-state index is 0.457. The maximum Gasteiger partial charge on any atom is 0.129 e. The Kier molecular flexibility index (Phi) is 3.94. The number of aryl methyl sites for hydroxylation is 1. The Balaban J connectivity index is 1.62. The van der Waals surface area contributed by atoms with Crippen LogP contribution in [0.5, 0.6) is 5.75 Å². The predicted octanol–water partition coefficient (Wildman–Crippen LogP) is 4.42. The summed E-state index contributed by atoms with van der Waals surface area (Å²) in [6.07, 6.45) is 1.91. The van der Waals surface area contributed by atoms with E-state index in [1.807, 2.05) is 61.1 Å². The zero-order chi connectivity index (χ0) is 18.1. The van der Waals surface area contributed by atoms with Crippen LogP contribution in [-0.4, -0.2) is 14.8 Å². The van der Waals surface area contributed by atoms with Crippen LogP contribution in [0.2, 0.25) is 0 Å². The fourth-order valence-corrected chi connectivity index (χ4v) is 3.14. The third-order valence-corrected chi connectivity index (χ3v) is 4.61. The normalized spacial score (nSPS) is 10.8. The topological polar surface area (TPSA) is 66.6 Å². The molecule has 0 atom stereocenters. The lowest BCUT2D eigenvalue weighted by molar-refractivity contribution is 0.308. The fraction of sp³-hybridized carbons (Fsp3) is 0.143. The lowest BCUT2D eigenvalue weighted by Gasteiger charge is -2.09. The van der Waals surface area contributed by atoms with Crippen molar-refractivity contribution >= 4 is 10.9 Å². The van der Waals surface area contributed by atoms with Crippen molar-refractivity contribution in [2.75, 3.05) is 0 Å². The van der Waals surface area contributed by atoms with Gasteiger partial charge in [-0.25, -0.2) is 4.68 Å². The minimum absolute atomic E-state index is 0.457. The van der Waals surface area contributed by atoms with Crippen LogP contribution in [0, 0.1) is 25.2 Å². The highest BCUT2D eigenvalue weighted by molar-refractivity contribution is 5.85. The van der Waals surface area contributed by atoms with Crippen LogP contribution in [-0.2, 0) is 6.61 Å². The Hall–Kier alpha value is -3.52. The van der Waals surface area contributed by atoms with Gasteiger partial charge in [-0.3, -0.25) is 0 Å². The average Bonchev–Trinajstić information content (AvgIpc) is 3.25. The van der Waals surface area contributed by atoms with Crippen molar-refractivity contribution in [1.82, 2.24) is 14.8 Å². The van der Waals surface area contributed by atoms with Crippen LogP contribution >= 0.6 is 0 Å². The Morgan fingerprint density at radius 2 is 1.92 bits per heavy atom. The highest BCUT2D eigenvalue weighted by Crippen LogP contribution is 2.26. The molecule has 1 N–H and O–H groups in total. The molecule has 4 aromatic rings. The van der Waals surface area contributed by atoms with Gasteiger partial charge in [0.25, 0.3) is 0 Å². The number of H-pyrrole nitrogens is 1. The summed E-state index contributed by atoms with van der Waals surface area (Å²) in [6, 6.07) is 17.6. The van der Waals surface area contributed by atoms with Gasteiger partial charge in [-0.15, -0.1) is 0 Å². The van der Waals surface area contributed by atoms with Crippen molar-refractivity contribution in [3.8, 4) is 17.5 Å². The largest absolute Gasteiger partial charge is 0.488 e. The second-order valence-electron chi connectivity index (χ2n) is 6.20. The molecule has 2 aromatic carbocycles. The predicted molar refractivity (Wildman–Crippen MR) is 100 cm³/mol. The molecular formula is C21H18N4O. The minimum Gasteiger partial charge on any atom is -0.488 e. The van der Waals surface area contributed by atoms with Crippen LogP contribution in [0.15, 0.2) is 54.7 Å². The van der Waals surface area contributed by atoms with E-state index in [9.17, 15) is 0 Å². The summed E-state index contributed by atoms with van der Waals surface area (Å²) in [7, 11) is 0. The van der Waals surface area contributed by atoms with Crippen molar-refractivity contribution in [2.24, 2.45) is 0 Å². The number of ether oxygens (including phenoxy) is 1. The molecule has 4 rings (SSSR count). The third kappa shape index (κ3) is 2.72. The Labute approximate surface area is 151 Å². The number of aromatic amines is 1. The Morgan fingerprint density at radius 1 is 1.12 bits per heavy atom. The van der Waals surface area contributed by atoms with Gasteiger partial charge < -0.3 is 9.72 Å². The molecule has 0 spiro atoms. The van der Waals surface area contributed by atoms with E-state index in [0.29, 0.717) is 12.2 Å². The van der Waals surface area contributed by atoms with Crippen molar-refractivity contribution in [1.29, 1.82) is 5.26 Å². The van der Waals surface area contributed by atoms with Gasteiger partial charge in [-0.2, -0.15) is 10.4 Å². The molecule has 2 aromatic heterocycles. The van der Waals surface area contributed by atoms with E-state index < -0.39 is 0 Å². The first-order valence-electron chi connectivity index (χ1n) is 8.42. The summed E-state index contributed by atoms with van der Waals surface area (Å²) >= 11 is 0. The quantitative estimate of drug-likeness (QED) is 0.597. The molecule has 0 amide bonds. The van der Waals surface area contributed by atoms with Crippen molar-refractivity contribution in [2.45, 2.75) is 20.5 Å². The fourth-order valence-electron chi connectivity index (χ4n) is 3.14. The number of benzene rings is 2. The lowest BCUT2D eigenvalue weighted by atomic mass is 10.2. The number of fused-ring (bicyclic) bond motifs is 1. The number of nitriles is 1. The van der Waals surface area contributed by atoms with E-state index in [2.05, 4.69) is 16.2 Å². The zero-order valence-corrected chi connectivity index (χ0v) is 14.7. The second-order valence-corrected chi connectivity index (χ2v) is 6.20. The van der Waals surface area contributed by atoms with Gasteiger partial charge in [0.05, 0.1) is 23.0 Å². The van der Waals surface area contributed by atoms with Crippen molar-refractivity contribution in [3.05, 3.63) is 77.2 Å². The molecule has 2 heterocycles. The summed E-state index contributed by atoms with van der Waals surface area (Å²) in [5, 5.41) is 14.7. The maximum atomic E-state index is 8.95. The smallest absolute Gasteiger partial charge is 0.129 e. The van der Waals surface area contributed by atoms with Gasteiger partial charge in [0, 0.05) is 28.4 Å². The van der Waals surface area contributed by atoms with Crippen molar-refractivity contribution in [3.63, 3.8) is 0 Å². The first-order chi connectivity index (χ1) is 12.7. The van der Waals surface area contributed by atoms with Gasteiger partial charge in [-0.05, 0) is 56.3 Å². The first kappa shape index (κ1) is 16.0. The number of nitrogens with one attached hydrogen (secondary N) is 1. The third-order valence-electron chi connectivity index (χ3n) is 4.61. The van der Waals surface area contributed by atoms with Gasteiger partial charge in [0.15, 0.2) is 0 Å². The first-order valence-corrected chi connectivity index (χ1v) is 8.42. The monoisotopic (exact) mass is 342 g/mol. The maximum absolute atomic E-state index is 8.95. The van der Waals surface area contributed by atoms with E-state index in [1.165, 1.54) is 0 Å². The highest BCUT2D eigenvalue weighted by atomic mass is 16.5. The van der Waals surface area contributed by atoms with Gasteiger partial charge in [-0.1, -0.05) is 6.07 Å². The number of rotatable bonds is 4. The van der Waals surface area contributed by atoms with Crippen LogP contribution in [0.1, 0.15) is 22.5 Å². The molecule has 0 aliphatic rings. The van der Waals surface area contributed by atoms with E-state index >= 15 is 0 Å². The van der Waals surface area contributed by atoms with Crippen LogP contribution < -0.4 is 4.74 Å². The summed E-state index contributed by atoms with van der Waals surface area (Å²) in [5.74, 6) is 0.855. The molecule has 128 valence electrons. The molecule has 5 heteroatoms. The van der Waals surface area contributed by atoms with Crippen LogP contribution in [0.25, 0.3) is 16.6 Å². The molecule has 5 nitrogen and oxygen atoms in total.